The van der Waals surface area contributed by atoms with Gasteiger partial charge in [0.05, 0.1) is 0 Å². The maximum absolute atomic E-state index is 11.8. The van der Waals surface area contributed by atoms with Gasteiger partial charge in [0.25, 0.3) is 5.24 Å². The summed E-state index contributed by atoms with van der Waals surface area (Å²) in [6.07, 6.45) is 0. The van der Waals surface area contributed by atoms with Gasteiger partial charge in [0.15, 0.2) is 6.61 Å². The Bertz CT molecular complexity index is 518. The van der Waals surface area contributed by atoms with Crippen LogP contribution in [0.5, 0.6) is 5.75 Å². The number of benzene rings is 1. The average molecular weight is 375 g/mol. The van der Waals surface area contributed by atoms with Crippen LogP contribution in [0.1, 0.15) is 11.6 Å². The lowest BCUT2D eigenvalue weighted by molar-refractivity contribution is -0.145. The zero-order chi connectivity index (χ0) is 16.0. The van der Waals surface area contributed by atoms with Crippen LogP contribution in [0.25, 0.3) is 0 Å². The van der Waals surface area contributed by atoms with Crippen molar-refractivity contribution in [1.29, 1.82) is 0 Å². The first kappa shape index (κ1) is 18.3. The summed E-state index contributed by atoms with van der Waals surface area (Å²) in [6, 6.07) is 5.23. The highest BCUT2D eigenvalue weighted by Crippen LogP contribution is 2.28. The smallest absolute Gasteiger partial charge is 0.327 e. The van der Waals surface area contributed by atoms with Crippen molar-refractivity contribution in [1.82, 2.24) is 0 Å². The van der Waals surface area contributed by atoms with Crippen molar-refractivity contribution in [3.05, 3.63) is 29.8 Å². The van der Waals surface area contributed by atoms with Gasteiger partial charge in [-0.3, -0.25) is 4.79 Å². The van der Waals surface area contributed by atoms with Crippen LogP contribution in [0, 0.1) is 0 Å². The van der Waals surface area contributed by atoms with Crippen molar-refractivity contribution >= 4 is 57.6 Å². The Morgan fingerprint density at radius 2 is 1.86 bits per heavy atom. The molecule has 1 aromatic rings. The van der Waals surface area contributed by atoms with Crippen LogP contribution in [0.3, 0.4) is 0 Å². The van der Waals surface area contributed by atoms with Crippen molar-refractivity contribution in [3.8, 4) is 5.75 Å². The summed E-state index contributed by atoms with van der Waals surface area (Å²) in [6.45, 7) is -0.790. The van der Waals surface area contributed by atoms with Gasteiger partial charge in [0, 0.05) is 5.56 Å². The van der Waals surface area contributed by atoms with Gasteiger partial charge in [-0.25, -0.2) is 4.79 Å². The Balaban J connectivity index is 2.79. The Labute approximate surface area is 141 Å². The predicted octanol–water partition coefficient (Wildman–Crippen LogP) is 2.74. The highest BCUT2D eigenvalue weighted by molar-refractivity contribution is 6.67. The van der Waals surface area contributed by atoms with E-state index in [0.717, 1.165) is 0 Å². The van der Waals surface area contributed by atoms with E-state index in [-0.39, 0.29) is 12.4 Å². The lowest BCUT2D eigenvalue weighted by Crippen LogP contribution is -2.27. The molecule has 5 nitrogen and oxygen atoms in total. The molecule has 9 heteroatoms. The lowest BCUT2D eigenvalue weighted by Gasteiger charge is -2.17. The maximum atomic E-state index is 11.8. The quantitative estimate of drug-likeness (QED) is 0.470. The zero-order valence-electron chi connectivity index (χ0n) is 10.5. The van der Waals surface area contributed by atoms with Crippen molar-refractivity contribution < 1.29 is 19.1 Å². The molecule has 1 aromatic carbocycles. The van der Waals surface area contributed by atoms with E-state index in [2.05, 4.69) is 0 Å². The third-order valence-electron chi connectivity index (χ3n) is 2.23. The summed E-state index contributed by atoms with van der Waals surface area (Å²) in [4.78, 5) is 22.5. The third kappa shape index (κ3) is 6.72. The fourth-order valence-corrected chi connectivity index (χ4v) is 1.59. The molecule has 0 bridgehead atoms. The molecule has 0 saturated heterocycles. The van der Waals surface area contributed by atoms with E-state index >= 15 is 0 Å². The van der Waals surface area contributed by atoms with Gasteiger partial charge in [-0.15, -0.1) is 0 Å². The molecule has 116 valence electrons. The molecule has 0 spiro atoms. The van der Waals surface area contributed by atoms with Crippen LogP contribution < -0.4 is 10.5 Å². The van der Waals surface area contributed by atoms with Gasteiger partial charge in [0.2, 0.25) is 3.79 Å². The molecule has 0 heterocycles. The number of carbonyl (C=O) groups excluding carboxylic acids is 2. The molecule has 0 saturated carbocycles. The predicted molar refractivity (Wildman–Crippen MR) is 81.0 cm³/mol. The van der Waals surface area contributed by atoms with Crippen LogP contribution >= 0.6 is 46.4 Å². The van der Waals surface area contributed by atoms with E-state index in [1.807, 2.05) is 0 Å². The summed E-state index contributed by atoms with van der Waals surface area (Å²) >= 11 is 21.6. The van der Waals surface area contributed by atoms with Crippen molar-refractivity contribution in [2.75, 3.05) is 13.2 Å². The minimum atomic E-state index is -1.73. The van der Waals surface area contributed by atoms with E-state index in [1.54, 1.807) is 18.2 Å². The minimum Gasteiger partial charge on any atom is -0.484 e. The molecule has 1 unspecified atom stereocenters. The molecular formula is C12H11Cl4NO4. The maximum Gasteiger partial charge on any atom is 0.327 e. The van der Waals surface area contributed by atoms with Gasteiger partial charge in [-0.1, -0.05) is 53.0 Å². The highest BCUT2D eigenvalue weighted by Gasteiger charge is 2.26. The van der Waals surface area contributed by atoms with E-state index in [9.17, 15) is 9.59 Å². The molecular weight excluding hydrogens is 364 g/mol. The first-order valence-electron chi connectivity index (χ1n) is 5.59. The second-order valence-electron chi connectivity index (χ2n) is 3.88. The Morgan fingerprint density at radius 1 is 1.24 bits per heavy atom. The van der Waals surface area contributed by atoms with Crippen LogP contribution in [-0.2, 0) is 14.3 Å². The molecule has 21 heavy (non-hydrogen) atoms. The Hall–Kier alpha value is -0.720. The number of nitrogens with two attached hydrogens (primary N) is 1. The number of hydrogen-bond donors (Lipinski definition) is 1. The monoisotopic (exact) mass is 373 g/mol. The molecule has 0 amide bonds. The Morgan fingerprint density at radius 3 is 2.43 bits per heavy atom. The zero-order valence-corrected chi connectivity index (χ0v) is 13.5. The Kier molecular flexibility index (Phi) is 7.03. The van der Waals surface area contributed by atoms with Gasteiger partial charge >= 0.3 is 5.97 Å². The third-order valence-corrected chi connectivity index (χ3v) is 2.66. The molecule has 1 rings (SSSR count). The standard InChI is InChI=1S/C12H11Cl4NO4/c13-9(18)5-20-8-4-2-1-3-7(8)10(17)11(19)21-6-12(14,15)16/h1-4,10H,5-6,17H2. The van der Waals surface area contributed by atoms with Crippen LogP contribution in [0.15, 0.2) is 24.3 Å². The fourth-order valence-electron chi connectivity index (χ4n) is 1.37. The van der Waals surface area contributed by atoms with Crippen molar-refractivity contribution in [3.63, 3.8) is 0 Å². The molecule has 0 aromatic heterocycles. The number of para-hydroxylation sites is 1. The number of hydrogen-bond acceptors (Lipinski definition) is 5. The van der Waals surface area contributed by atoms with Crippen LogP contribution in [-0.4, -0.2) is 28.2 Å². The van der Waals surface area contributed by atoms with Gasteiger partial charge < -0.3 is 15.2 Å². The number of alkyl halides is 3. The lowest BCUT2D eigenvalue weighted by atomic mass is 10.1. The normalized spacial score (nSPS) is 12.6. The topological polar surface area (TPSA) is 78.6 Å². The SMILES string of the molecule is NC(C(=O)OCC(Cl)(Cl)Cl)c1ccccc1OCC(=O)Cl. The fraction of sp³-hybridized carbons (Fsp3) is 0.333. The second-order valence-corrected chi connectivity index (χ2v) is 6.82. The molecule has 1 atom stereocenters. The first-order valence-corrected chi connectivity index (χ1v) is 7.11. The summed E-state index contributed by atoms with van der Waals surface area (Å²) in [5.74, 6) is -0.556. The van der Waals surface area contributed by atoms with Crippen LogP contribution in [0.2, 0.25) is 0 Å². The number of halogens is 4. The van der Waals surface area contributed by atoms with Crippen molar-refractivity contribution in [2.45, 2.75) is 9.83 Å². The molecule has 0 radical (unpaired) electrons. The average Bonchev–Trinajstić information content (AvgIpc) is 2.41. The number of esters is 1. The molecule has 2 N–H and O–H groups in total. The summed E-state index contributed by atoms with van der Waals surface area (Å²) in [7, 11) is 0. The van der Waals surface area contributed by atoms with E-state index < -0.39 is 27.7 Å². The molecule has 0 fully saturated rings. The molecule has 0 aliphatic rings. The summed E-state index contributed by atoms with van der Waals surface area (Å²) < 4.78 is 8.24. The van der Waals surface area contributed by atoms with Gasteiger partial charge in [0.1, 0.15) is 18.4 Å². The number of rotatable bonds is 6. The van der Waals surface area contributed by atoms with Gasteiger partial charge in [-0.05, 0) is 17.7 Å². The number of carbonyl (C=O) groups is 2. The molecule has 0 aliphatic carbocycles. The first-order chi connectivity index (χ1) is 9.70. The van der Waals surface area contributed by atoms with Crippen LogP contribution in [0.4, 0.5) is 0 Å². The largest absolute Gasteiger partial charge is 0.484 e. The van der Waals surface area contributed by atoms with E-state index in [4.69, 9.17) is 61.6 Å². The van der Waals surface area contributed by atoms with E-state index in [0.29, 0.717) is 5.56 Å². The van der Waals surface area contributed by atoms with Gasteiger partial charge in [-0.2, -0.15) is 0 Å². The second kappa shape index (κ2) is 8.06. The summed E-state index contributed by atoms with van der Waals surface area (Å²) in [5.41, 5.74) is 6.10. The number of ether oxygens (including phenoxy) is 2. The van der Waals surface area contributed by atoms with Crippen molar-refractivity contribution in [2.24, 2.45) is 5.73 Å². The molecule has 0 aliphatic heterocycles. The minimum absolute atomic E-state index is 0.241. The van der Waals surface area contributed by atoms with E-state index in [1.165, 1.54) is 6.07 Å². The highest BCUT2D eigenvalue weighted by atomic mass is 35.6. The summed E-state index contributed by atoms with van der Waals surface area (Å²) in [5, 5.41) is -0.683.